The molecule has 0 radical (unpaired) electrons. The van der Waals surface area contributed by atoms with E-state index in [0.717, 1.165) is 32.2 Å². The van der Waals surface area contributed by atoms with Gasteiger partial charge in [0.15, 0.2) is 24.5 Å². The van der Waals surface area contributed by atoms with Gasteiger partial charge in [-0.15, -0.1) is 0 Å². The van der Waals surface area contributed by atoms with E-state index in [1.807, 2.05) is 0 Å². The molecule has 4 heterocycles. The summed E-state index contributed by atoms with van der Waals surface area (Å²) in [5.74, 6) is 0.378. The number of unbranched alkanes of at least 4 members (excludes halogenated alkanes) is 1. The lowest BCUT2D eigenvalue weighted by Crippen LogP contribution is -2.69. The summed E-state index contributed by atoms with van der Waals surface area (Å²) in [4.78, 5) is 0. The number of hydrogen-bond donors (Lipinski definition) is 0. The lowest BCUT2D eigenvalue weighted by atomic mass is 9.56. The van der Waals surface area contributed by atoms with E-state index in [-0.39, 0.29) is 11.0 Å². The van der Waals surface area contributed by atoms with Crippen LogP contribution in [0.5, 0.6) is 0 Å². The van der Waals surface area contributed by atoms with Crippen molar-refractivity contribution in [2.75, 3.05) is 0 Å². The number of rotatable bonds is 7. The van der Waals surface area contributed by atoms with Crippen LogP contribution < -0.4 is 9.13 Å². The summed E-state index contributed by atoms with van der Waals surface area (Å²) in [5, 5.41) is 5.41. The third-order valence-electron chi connectivity index (χ3n) is 12.0. The molecule has 0 saturated heterocycles. The number of nitrogens with zero attached hydrogens (tertiary/aromatic N) is 2. The SMILES string of the molecule is CCCCc1ccc2c3[n+](ccc2c1)C(CC)(CC1C[n+]2ccccc2-c2c1ccc1ccccc21)C(C)(CC)c1ccccc1-3. The van der Waals surface area contributed by atoms with Crippen LogP contribution in [0.4, 0.5) is 0 Å². The maximum absolute atomic E-state index is 2.75. The monoisotopic (exact) mass is 602 g/mol. The second-order valence-electron chi connectivity index (χ2n) is 14.1. The molecule has 2 aromatic heterocycles. The fourth-order valence-electron chi connectivity index (χ4n) is 9.42. The van der Waals surface area contributed by atoms with E-state index in [1.165, 1.54) is 73.6 Å². The van der Waals surface area contributed by atoms with Crippen LogP contribution in [0.15, 0.2) is 116 Å². The van der Waals surface area contributed by atoms with Crippen molar-refractivity contribution < 1.29 is 9.13 Å². The van der Waals surface area contributed by atoms with E-state index in [0.29, 0.717) is 5.92 Å². The Balaban J connectivity index is 1.37. The van der Waals surface area contributed by atoms with Gasteiger partial charge in [0, 0.05) is 31.0 Å². The molecule has 46 heavy (non-hydrogen) atoms. The Bertz CT molecular complexity index is 2110. The van der Waals surface area contributed by atoms with E-state index in [4.69, 9.17) is 0 Å². The average molecular weight is 603 g/mol. The zero-order valence-corrected chi connectivity index (χ0v) is 27.9. The summed E-state index contributed by atoms with van der Waals surface area (Å²) in [7, 11) is 0. The van der Waals surface area contributed by atoms with Gasteiger partial charge in [0.2, 0.25) is 11.4 Å². The highest BCUT2D eigenvalue weighted by atomic mass is 15.1. The highest BCUT2D eigenvalue weighted by Crippen LogP contribution is 2.55. The Hall–Kier alpha value is -4.30. The fourth-order valence-corrected chi connectivity index (χ4v) is 9.42. The molecular weight excluding hydrogens is 556 g/mol. The van der Waals surface area contributed by atoms with Crippen molar-refractivity contribution in [1.82, 2.24) is 0 Å². The second-order valence-corrected chi connectivity index (χ2v) is 14.1. The number of aryl methyl sites for hydroxylation is 1. The molecule has 6 aromatic rings. The average Bonchev–Trinajstić information content (AvgIpc) is 3.11. The highest BCUT2D eigenvalue weighted by molar-refractivity contribution is 5.97. The zero-order valence-electron chi connectivity index (χ0n) is 27.9. The number of pyridine rings is 2. The van der Waals surface area contributed by atoms with Crippen LogP contribution in [0.25, 0.3) is 44.1 Å². The van der Waals surface area contributed by atoms with Gasteiger partial charge in [-0.05, 0) is 77.2 Å². The minimum Gasteiger partial charge on any atom is -0.198 e. The minimum atomic E-state index is -0.110. The van der Waals surface area contributed by atoms with Gasteiger partial charge in [0.1, 0.15) is 0 Å². The van der Waals surface area contributed by atoms with E-state index in [9.17, 15) is 0 Å². The smallest absolute Gasteiger partial charge is 0.198 e. The molecule has 0 saturated carbocycles. The van der Waals surface area contributed by atoms with Crippen molar-refractivity contribution >= 4 is 21.5 Å². The Labute approximate surface area is 274 Å². The van der Waals surface area contributed by atoms with Gasteiger partial charge in [-0.1, -0.05) is 93.9 Å². The molecule has 2 nitrogen and oxygen atoms in total. The molecule has 2 aliphatic rings. The molecule has 4 aromatic carbocycles. The van der Waals surface area contributed by atoms with Gasteiger partial charge in [-0.3, -0.25) is 0 Å². The molecule has 8 rings (SSSR count). The third kappa shape index (κ3) is 4.15. The van der Waals surface area contributed by atoms with Gasteiger partial charge in [0.25, 0.3) is 0 Å². The van der Waals surface area contributed by atoms with Gasteiger partial charge in [-0.25, -0.2) is 0 Å². The molecule has 0 N–H and O–H groups in total. The molecule has 2 heteroatoms. The second kappa shape index (κ2) is 11.2. The lowest BCUT2D eigenvalue weighted by molar-refractivity contribution is -0.771. The molecule has 0 amide bonds. The molecule has 0 spiro atoms. The minimum absolute atomic E-state index is 0.0383. The van der Waals surface area contributed by atoms with Crippen LogP contribution in [0.2, 0.25) is 0 Å². The van der Waals surface area contributed by atoms with E-state index >= 15 is 0 Å². The summed E-state index contributed by atoms with van der Waals surface area (Å²) >= 11 is 0. The summed E-state index contributed by atoms with van der Waals surface area (Å²) in [6, 6.07) is 39.5. The van der Waals surface area contributed by atoms with Crippen molar-refractivity contribution in [3.8, 4) is 22.5 Å². The van der Waals surface area contributed by atoms with Crippen molar-refractivity contribution in [3.63, 3.8) is 0 Å². The van der Waals surface area contributed by atoms with Crippen molar-refractivity contribution in [2.45, 2.75) is 89.6 Å². The molecule has 0 aliphatic carbocycles. The van der Waals surface area contributed by atoms with Crippen molar-refractivity contribution in [3.05, 3.63) is 132 Å². The topological polar surface area (TPSA) is 7.76 Å². The van der Waals surface area contributed by atoms with Gasteiger partial charge >= 0.3 is 0 Å². The standard InChI is InChI=1S/C44H46N2/c1-5-8-15-31-21-23-37-33(28-31)25-27-46-42(37)38-18-11-12-19-39(38)43(4,6-2)44(46,7-3)29-34-30-45-26-14-13-20-40(45)41-35-17-10-9-16-32(35)22-24-36(34)41/h9-14,16-28,34H,5-8,15,29-30H2,1-4H3/q+2. The van der Waals surface area contributed by atoms with Crippen LogP contribution in [0.1, 0.15) is 82.4 Å². The zero-order chi connectivity index (χ0) is 31.5. The number of benzene rings is 4. The molecule has 0 fully saturated rings. The first kappa shape index (κ1) is 29.1. The molecular formula is C44H46N2+2. The quantitative estimate of drug-likeness (QED) is 0.161. The Morgan fingerprint density at radius 1 is 0.739 bits per heavy atom. The van der Waals surface area contributed by atoms with Gasteiger partial charge < -0.3 is 0 Å². The molecule has 3 unspecified atom stereocenters. The Morgan fingerprint density at radius 3 is 2.41 bits per heavy atom. The van der Waals surface area contributed by atoms with E-state index in [2.05, 4.69) is 152 Å². The molecule has 3 atom stereocenters. The summed E-state index contributed by atoms with van der Waals surface area (Å²) in [5.41, 5.74) is 9.85. The number of hydrogen-bond acceptors (Lipinski definition) is 0. The van der Waals surface area contributed by atoms with E-state index in [1.54, 1.807) is 0 Å². The summed E-state index contributed by atoms with van der Waals surface area (Å²) in [6.45, 7) is 10.7. The fraction of sp³-hybridized carbons (Fsp3) is 0.318. The third-order valence-corrected chi connectivity index (χ3v) is 12.0. The van der Waals surface area contributed by atoms with Crippen molar-refractivity contribution in [1.29, 1.82) is 0 Å². The van der Waals surface area contributed by atoms with Crippen LogP contribution in [-0.2, 0) is 23.9 Å². The van der Waals surface area contributed by atoms with Gasteiger partial charge in [0.05, 0.1) is 27.8 Å². The first-order valence-corrected chi connectivity index (χ1v) is 17.6. The maximum atomic E-state index is 2.75. The number of fused-ring (bicyclic) bond motifs is 10. The van der Waals surface area contributed by atoms with Crippen LogP contribution in [-0.4, -0.2) is 0 Å². The van der Waals surface area contributed by atoms with Gasteiger partial charge in [-0.2, -0.15) is 9.13 Å². The predicted molar refractivity (Wildman–Crippen MR) is 191 cm³/mol. The van der Waals surface area contributed by atoms with Crippen molar-refractivity contribution in [2.24, 2.45) is 0 Å². The first-order valence-electron chi connectivity index (χ1n) is 17.6. The largest absolute Gasteiger partial charge is 0.221 e. The normalized spacial score (nSPS) is 21.4. The number of aromatic nitrogens is 2. The molecule has 0 bridgehead atoms. The molecule has 230 valence electrons. The predicted octanol–water partition coefficient (Wildman–Crippen LogP) is 10.2. The highest BCUT2D eigenvalue weighted by Gasteiger charge is 2.61. The molecule has 2 aliphatic heterocycles. The van der Waals surface area contributed by atoms with Crippen LogP contribution >= 0.6 is 0 Å². The lowest BCUT2D eigenvalue weighted by Gasteiger charge is -2.49. The first-order chi connectivity index (χ1) is 22.5. The van der Waals surface area contributed by atoms with Crippen LogP contribution in [0, 0.1) is 0 Å². The maximum Gasteiger partial charge on any atom is 0.221 e. The summed E-state index contributed by atoms with van der Waals surface area (Å²) in [6.07, 6.45) is 11.6. The summed E-state index contributed by atoms with van der Waals surface area (Å²) < 4.78 is 5.27. The van der Waals surface area contributed by atoms with E-state index < -0.39 is 0 Å². The van der Waals surface area contributed by atoms with Crippen LogP contribution in [0.3, 0.4) is 0 Å². The Kier molecular flexibility index (Phi) is 7.09. The Morgan fingerprint density at radius 2 is 1.57 bits per heavy atom.